The molecule has 0 saturated heterocycles. The van der Waals surface area contributed by atoms with E-state index in [0.717, 1.165) is 32.5 Å². The molecule has 0 saturated carbocycles. The Hall–Kier alpha value is -2.47. The second-order valence-corrected chi connectivity index (χ2v) is 6.44. The third-order valence-corrected chi connectivity index (χ3v) is 4.70. The number of nitrogens with one attached hydrogen (secondary N) is 1. The Morgan fingerprint density at radius 1 is 1.04 bits per heavy atom. The summed E-state index contributed by atoms with van der Waals surface area (Å²) in [5.41, 5.74) is 5.56. The third-order valence-electron chi connectivity index (χ3n) is 4.17. The van der Waals surface area contributed by atoms with E-state index in [9.17, 15) is 0 Å². The zero-order valence-electron chi connectivity index (χ0n) is 12.7. The van der Waals surface area contributed by atoms with Crippen LogP contribution in [0.15, 0.2) is 47.1 Å². The van der Waals surface area contributed by atoms with E-state index in [1.54, 1.807) is 4.68 Å². The maximum absolute atomic E-state index is 4.23. The smallest absolute Gasteiger partial charge is 0.189 e. The first-order chi connectivity index (χ1) is 11.1. The highest BCUT2D eigenvalue weighted by Crippen LogP contribution is 2.31. The molecule has 0 spiro atoms. The van der Waals surface area contributed by atoms with Gasteiger partial charge in [0.25, 0.3) is 0 Å². The van der Waals surface area contributed by atoms with Gasteiger partial charge >= 0.3 is 0 Å². The van der Waals surface area contributed by atoms with Crippen LogP contribution in [0.3, 0.4) is 0 Å². The Morgan fingerprint density at radius 2 is 1.83 bits per heavy atom. The summed E-state index contributed by atoms with van der Waals surface area (Å²) in [6.45, 7) is 4.23. The lowest BCUT2D eigenvalue weighted by Gasteiger charge is -2.05. The fraction of sp³-hybridized carbons (Fsp3) is 0.118. The quantitative estimate of drug-likeness (QED) is 0.577. The number of aromatic nitrogens is 5. The van der Waals surface area contributed by atoms with Crippen LogP contribution in [0.25, 0.3) is 28.0 Å². The van der Waals surface area contributed by atoms with Gasteiger partial charge in [-0.3, -0.25) is 0 Å². The highest BCUT2D eigenvalue weighted by molar-refractivity contribution is 9.10. The van der Waals surface area contributed by atoms with E-state index in [4.69, 9.17) is 0 Å². The molecule has 114 valence electrons. The van der Waals surface area contributed by atoms with Crippen molar-refractivity contribution in [2.75, 3.05) is 0 Å². The molecule has 6 heteroatoms. The number of aryl methyl sites for hydroxylation is 2. The number of benzene rings is 2. The fourth-order valence-corrected chi connectivity index (χ4v) is 3.01. The molecule has 0 unspecified atom stereocenters. The molecule has 0 amide bonds. The Bertz CT molecular complexity index is 998. The standard InChI is InChI=1S/C17H14BrN5/c1-10-3-8-14-15(9-19-16(14)11(10)2)17-20-21-22-23(17)13-6-4-12(18)5-7-13/h3-9,19H,1-2H3. The number of H-pyrrole nitrogens is 1. The van der Waals surface area contributed by atoms with Gasteiger partial charge in [0, 0.05) is 27.1 Å². The molecule has 1 N–H and O–H groups in total. The van der Waals surface area contributed by atoms with Crippen LogP contribution in [0, 0.1) is 13.8 Å². The Morgan fingerprint density at radius 3 is 2.61 bits per heavy atom. The Kier molecular flexibility index (Phi) is 3.27. The number of hydrogen-bond donors (Lipinski definition) is 1. The van der Waals surface area contributed by atoms with Gasteiger partial charge in [0.1, 0.15) is 0 Å². The molecule has 2 heterocycles. The van der Waals surface area contributed by atoms with Crippen LogP contribution in [-0.4, -0.2) is 25.2 Å². The van der Waals surface area contributed by atoms with Gasteiger partial charge in [0.2, 0.25) is 0 Å². The van der Waals surface area contributed by atoms with Gasteiger partial charge < -0.3 is 4.98 Å². The van der Waals surface area contributed by atoms with Gasteiger partial charge in [-0.05, 0) is 59.7 Å². The summed E-state index contributed by atoms with van der Waals surface area (Å²) < 4.78 is 2.78. The van der Waals surface area contributed by atoms with E-state index in [2.05, 4.69) is 62.4 Å². The number of nitrogens with zero attached hydrogens (tertiary/aromatic N) is 4. The number of aromatic amines is 1. The minimum atomic E-state index is 0.724. The maximum Gasteiger partial charge on any atom is 0.189 e. The molecule has 4 rings (SSSR count). The van der Waals surface area contributed by atoms with Gasteiger partial charge in [-0.15, -0.1) is 5.10 Å². The predicted molar refractivity (Wildman–Crippen MR) is 93.6 cm³/mol. The van der Waals surface area contributed by atoms with Crippen molar-refractivity contribution in [3.8, 4) is 17.1 Å². The minimum Gasteiger partial charge on any atom is -0.360 e. The molecule has 23 heavy (non-hydrogen) atoms. The van der Waals surface area contributed by atoms with Crippen LogP contribution < -0.4 is 0 Å². The summed E-state index contributed by atoms with van der Waals surface area (Å²) in [4.78, 5) is 3.36. The number of halogens is 1. The molecular formula is C17H14BrN5. The van der Waals surface area contributed by atoms with E-state index in [1.807, 2.05) is 30.5 Å². The summed E-state index contributed by atoms with van der Waals surface area (Å²) in [7, 11) is 0. The predicted octanol–water partition coefficient (Wildman–Crippen LogP) is 4.19. The molecule has 5 nitrogen and oxygen atoms in total. The lowest BCUT2D eigenvalue weighted by Crippen LogP contribution is -1.99. The molecule has 0 aliphatic heterocycles. The number of tetrazole rings is 1. The number of hydrogen-bond acceptors (Lipinski definition) is 3. The van der Waals surface area contributed by atoms with E-state index in [1.165, 1.54) is 11.1 Å². The second-order valence-electron chi connectivity index (χ2n) is 5.52. The van der Waals surface area contributed by atoms with Crippen molar-refractivity contribution in [3.63, 3.8) is 0 Å². The van der Waals surface area contributed by atoms with Gasteiger partial charge in [0.15, 0.2) is 5.82 Å². The molecule has 0 fully saturated rings. The first-order valence-corrected chi connectivity index (χ1v) is 8.06. The van der Waals surface area contributed by atoms with Crippen molar-refractivity contribution in [2.24, 2.45) is 0 Å². The molecule has 0 aliphatic rings. The van der Waals surface area contributed by atoms with Crippen LogP contribution in [0.1, 0.15) is 11.1 Å². The zero-order valence-corrected chi connectivity index (χ0v) is 14.3. The largest absolute Gasteiger partial charge is 0.360 e. The minimum absolute atomic E-state index is 0.724. The van der Waals surface area contributed by atoms with Crippen molar-refractivity contribution in [2.45, 2.75) is 13.8 Å². The second kappa shape index (κ2) is 5.31. The summed E-state index contributed by atoms with van der Waals surface area (Å²) >= 11 is 3.45. The van der Waals surface area contributed by atoms with Crippen molar-refractivity contribution in [1.82, 2.24) is 25.2 Å². The molecule has 0 atom stereocenters. The zero-order chi connectivity index (χ0) is 16.0. The molecule has 0 bridgehead atoms. The molecular weight excluding hydrogens is 354 g/mol. The van der Waals surface area contributed by atoms with Crippen molar-refractivity contribution in [3.05, 3.63) is 58.2 Å². The van der Waals surface area contributed by atoms with Crippen molar-refractivity contribution < 1.29 is 0 Å². The van der Waals surface area contributed by atoms with Crippen molar-refractivity contribution in [1.29, 1.82) is 0 Å². The van der Waals surface area contributed by atoms with Crippen LogP contribution >= 0.6 is 15.9 Å². The number of rotatable bonds is 2. The first kappa shape index (κ1) is 14.1. The normalized spacial score (nSPS) is 11.3. The van der Waals surface area contributed by atoms with E-state index < -0.39 is 0 Å². The highest BCUT2D eigenvalue weighted by atomic mass is 79.9. The molecule has 0 radical (unpaired) electrons. The highest BCUT2D eigenvalue weighted by Gasteiger charge is 2.16. The molecule has 2 aromatic heterocycles. The first-order valence-electron chi connectivity index (χ1n) is 7.27. The summed E-state index contributed by atoms with van der Waals surface area (Å²) in [6.07, 6.45) is 1.97. The monoisotopic (exact) mass is 367 g/mol. The maximum atomic E-state index is 4.23. The van der Waals surface area contributed by atoms with Crippen LogP contribution in [-0.2, 0) is 0 Å². The number of fused-ring (bicyclic) bond motifs is 1. The fourth-order valence-electron chi connectivity index (χ4n) is 2.74. The van der Waals surface area contributed by atoms with Crippen LogP contribution in [0.4, 0.5) is 0 Å². The van der Waals surface area contributed by atoms with Gasteiger partial charge in [-0.1, -0.05) is 28.1 Å². The van der Waals surface area contributed by atoms with E-state index in [-0.39, 0.29) is 0 Å². The van der Waals surface area contributed by atoms with E-state index in [0.29, 0.717) is 0 Å². The summed E-state index contributed by atoms with van der Waals surface area (Å²) in [5.74, 6) is 0.724. The van der Waals surface area contributed by atoms with Gasteiger partial charge in [-0.2, -0.15) is 4.68 Å². The topological polar surface area (TPSA) is 59.4 Å². The Labute approximate surface area is 141 Å². The van der Waals surface area contributed by atoms with Crippen molar-refractivity contribution >= 4 is 26.8 Å². The lowest BCUT2D eigenvalue weighted by atomic mass is 10.0. The molecule has 4 aromatic rings. The van der Waals surface area contributed by atoms with E-state index >= 15 is 0 Å². The summed E-state index contributed by atoms with van der Waals surface area (Å²) in [6, 6.07) is 12.2. The SMILES string of the molecule is Cc1ccc2c(-c3nnnn3-c3ccc(Br)cc3)c[nH]c2c1C. The Balaban J connectivity index is 1.92. The van der Waals surface area contributed by atoms with Gasteiger partial charge in [0.05, 0.1) is 5.69 Å². The summed E-state index contributed by atoms with van der Waals surface area (Å²) in [5, 5.41) is 13.4. The van der Waals surface area contributed by atoms with Gasteiger partial charge in [-0.25, -0.2) is 0 Å². The van der Waals surface area contributed by atoms with Crippen LogP contribution in [0.2, 0.25) is 0 Å². The average Bonchev–Trinajstić information content (AvgIpc) is 3.18. The average molecular weight is 368 g/mol. The molecule has 0 aliphatic carbocycles. The molecule has 2 aromatic carbocycles. The lowest BCUT2D eigenvalue weighted by molar-refractivity contribution is 0.791. The third kappa shape index (κ3) is 2.26. The van der Waals surface area contributed by atoms with Crippen LogP contribution in [0.5, 0.6) is 0 Å².